The van der Waals surface area contributed by atoms with Crippen molar-refractivity contribution in [1.29, 1.82) is 0 Å². The van der Waals surface area contributed by atoms with Gasteiger partial charge < -0.3 is 14.1 Å². The zero-order chi connectivity index (χ0) is 22.5. The van der Waals surface area contributed by atoms with Gasteiger partial charge in [-0.2, -0.15) is 0 Å². The molecule has 0 N–H and O–H groups in total. The number of ether oxygens (including phenoxy) is 1. The Hall–Kier alpha value is -3.18. The zero-order valence-electron chi connectivity index (χ0n) is 17.2. The van der Waals surface area contributed by atoms with E-state index in [0.717, 1.165) is 21.7 Å². The number of thioether (sulfide) groups is 1. The summed E-state index contributed by atoms with van der Waals surface area (Å²) in [5, 5.41) is 8.46. The lowest BCUT2D eigenvalue weighted by molar-refractivity contribution is 0.0279. The molecule has 0 fully saturated rings. The fourth-order valence-electron chi connectivity index (χ4n) is 3.43. The van der Waals surface area contributed by atoms with Crippen molar-refractivity contribution >= 4 is 38.6 Å². The maximum absolute atomic E-state index is 12.7. The first-order valence-corrected chi connectivity index (χ1v) is 12.3. The molecule has 2 aromatic carbocycles. The number of benzene rings is 2. The summed E-state index contributed by atoms with van der Waals surface area (Å²) < 4.78 is 38.6. The van der Waals surface area contributed by atoms with Crippen LogP contribution in [0.4, 0.5) is 5.69 Å². The Balaban J connectivity index is 1.31. The Morgan fingerprint density at radius 3 is 2.88 bits per heavy atom. The minimum absolute atomic E-state index is 0.0352. The van der Waals surface area contributed by atoms with Gasteiger partial charge in [0.15, 0.2) is 11.3 Å². The van der Waals surface area contributed by atoms with Crippen molar-refractivity contribution in [2.75, 3.05) is 17.2 Å². The molecule has 0 amide bonds. The molecule has 5 rings (SSSR count). The van der Waals surface area contributed by atoms with Gasteiger partial charge in [0.1, 0.15) is 0 Å². The maximum Gasteiger partial charge on any atom is 0.338 e. The molecule has 0 saturated heterocycles. The Labute approximate surface area is 188 Å². The summed E-state index contributed by atoms with van der Waals surface area (Å²) in [6, 6.07) is 12.8. The van der Waals surface area contributed by atoms with Crippen LogP contribution in [-0.4, -0.2) is 42.0 Å². The predicted octanol–water partition coefficient (Wildman–Crippen LogP) is 3.57. The lowest BCUT2D eigenvalue weighted by atomic mass is 10.1. The number of esters is 1. The molecule has 1 atom stereocenters. The molecule has 0 aliphatic carbocycles. The first kappa shape index (κ1) is 20.7. The maximum atomic E-state index is 12.7. The Morgan fingerprint density at radius 2 is 2.06 bits per heavy atom. The van der Waals surface area contributed by atoms with Gasteiger partial charge in [-0.3, -0.25) is 0 Å². The van der Waals surface area contributed by atoms with Gasteiger partial charge in [0.05, 0.1) is 17.0 Å². The van der Waals surface area contributed by atoms with Gasteiger partial charge >= 0.3 is 5.97 Å². The number of aryl methyl sites for hydroxylation is 1. The third-order valence-electron chi connectivity index (χ3n) is 5.05. The van der Waals surface area contributed by atoms with Crippen LogP contribution in [0, 0.1) is 6.92 Å². The first-order valence-electron chi connectivity index (χ1n) is 9.82. The van der Waals surface area contributed by atoms with Gasteiger partial charge in [-0.1, -0.05) is 17.7 Å². The smallest absolute Gasteiger partial charge is 0.338 e. The monoisotopic (exact) mass is 470 g/mol. The van der Waals surface area contributed by atoms with E-state index in [-0.39, 0.29) is 11.6 Å². The number of rotatable bonds is 4. The number of sulfonamides is 1. The molecule has 2 aliphatic rings. The van der Waals surface area contributed by atoms with Crippen molar-refractivity contribution in [3.63, 3.8) is 0 Å². The minimum atomic E-state index is -3.44. The van der Waals surface area contributed by atoms with Crippen molar-refractivity contribution in [2.24, 2.45) is 4.40 Å². The molecule has 0 spiro atoms. The van der Waals surface area contributed by atoms with E-state index in [9.17, 15) is 13.2 Å². The van der Waals surface area contributed by atoms with E-state index >= 15 is 0 Å². The van der Waals surface area contributed by atoms with Crippen LogP contribution in [0.2, 0.25) is 0 Å². The van der Waals surface area contributed by atoms with Crippen molar-refractivity contribution in [1.82, 2.24) is 10.2 Å². The SMILES string of the molecule is Cc1cccc(-c2nnc([C@@H](C)OC(=O)c3ccc4c(c3)SC3=NS(=O)(=O)CCN34)o2)c1. The average molecular weight is 471 g/mol. The lowest BCUT2D eigenvalue weighted by Crippen LogP contribution is -2.35. The van der Waals surface area contributed by atoms with Crippen molar-refractivity contribution in [3.05, 3.63) is 59.5 Å². The van der Waals surface area contributed by atoms with Gasteiger partial charge in [-0.25, -0.2) is 13.2 Å². The predicted molar refractivity (Wildman–Crippen MR) is 119 cm³/mol. The van der Waals surface area contributed by atoms with Crippen LogP contribution in [0.25, 0.3) is 11.5 Å². The second-order valence-corrected chi connectivity index (χ2v) is 10.2. The normalized spacial score (nSPS) is 17.3. The van der Waals surface area contributed by atoms with Gasteiger partial charge in [0.2, 0.25) is 5.89 Å². The Morgan fingerprint density at radius 1 is 1.22 bits per heavy atom. The molecular weight excluding hydrogens is 452 g/mol. The van der Waals surface area contributed by atoms with E-state index in [1.54, 1.807) is 25.1 Å². The van der Waals surface area contributed by atoms with Crippen molar-refractivity contribution in [2.45, 2.75) is 24.8 Å². The topological polar surface area (TPSA) is 115 Å². The number of anilines is 1. The van der Waals surface area contributed by atoms with Crippen LogP contribution in [0.5, 0.6) is 0 Å². The van der Waals surface area contributed by atoms with Gasteiger partial charge in [-0.15, -0.1) is 14.6 Å². The summed E-state index contributed by atoms with van der Waals surface area (Å²) in [7, 11) is -3.44. The number of carbonyl (C=O) groups is 1. The minimum Gasteiger partial charge on any atom is -0.449 e. The van der Waals surface area contributed by atoms with E-state index in [1.165, 1.54) is 11.8 Å². The molecule has 0 unspecified atom stereocenters. The molecule has 164 valence electrons. The highest BCUT2D eigenvalue weighted by atomic mass is 32.2. The van der Waals surface area contributed by atoms with E-state index in [0.29, 0.717) is 23.2 Å². The van der Waals surface area contributed by atoms with E-state index in [1.807, 2.05) is 36.1 Å². The fraction of sp³-hybridized carbons (Fsp3) is 0.238. The van der Waals surface area contributed by atoms with Crippen LogP contribution in [0.15, 0.2) is 56.2 Å². The highest BCUT2D eigenvalue weighted by Gasteiger charge is 2.33. The Kier molecular flexibility index (Phi) is 5.01. The Bertz CT molecular complexity index is 1370. The van der Waals surface area contributed by atoms with Crippen molar-refractivity contribution in [3.8, 4) is 11.5 Å². The van der Waals surface area contributed by atoms with E-state index in [4.69, 9.17) is 9.15 Å². The zero-order valence-corrected chi connectivity index (χ0v) is 18.8. The molecule has 3 aromatic rings. The quantitative estimate of drug-likeness (QED) is 0.528. The van der Waals surface area contributed by atoms with Crippen LogP contribution < -0.4 is 4.90 Å². The van der Waals surface area contributed by atoms with Crippen LogP contribution in [0.3, 0.4) is 0 Å². The molecule has 9 nitrogen and oxygen atoms in total. The summed E-state index contributed by atoms with van der Waals surface area (Å²) in [5.74, 6) is -0.0300. The molecule has 3 heterocycles. The first-order chi connectivity index (χ1) is 15.3. The van der Waals surface area contributed by atoms with Gasteiger partial charge in [0.25, 0.3) is 15.9 Å². The van der Waals surface area contributed by atoms with Crippen molar-refractivity contribution < 1.29 is 22.4 Å². The van der Waals surface area contributed by atoms with E-state index in [2.05, 4.69) is 14.6 Å². The molecular formula is C21H18N4O5S2. The summed E-state index contributed by atoms with van der Waals surface area (Å²) in [5.41, 5.74) is 3.02. The average Bonchev–Trinajstić information content (AvgIpc) is 3.37. The number of fused-ring (bicyclic) bond motifs is 3. The number of amidine groups is 1. The lowest BCUT2D eigenvalue weighted by Gasteiger charge is -2.22. The van der Waals surface area contributed by atoms with Crippen LogP contribution >= 0.6 is 11.8 Å². The van der Waals surface area contributed by atoms with E-state index < -0.39 is 22.1 Å². The molecule has 0 bridgehead atoms. The van der Waals surface area contributed by atoms with Crippen LogP contribution in [0.1, 0.15) is 34.8 Å². The number of hydrogen-bond donors (Lipinski definition) is 0. The number of aromatic nitrogens is 2. The molecule has 1 aromatic heterocycles. The third-order valence-corrected chi connectivity index (χ3v) is 7.35. The second-order valence-electron chi connectivity index (χ2n) is 7.46. The third kappa shape index (κ3) is 3.89. The molecule has 2 aliphatic heterocycles. The summed E-state index contributed by atoms with van der Waals surface area (Å²) >= 11 is 1.22. The molecule has 0 radical (unpaired) electrons. The highest BCUT2D eigenvalue weighted by molar-refractivity contribution is 8.15. The summed E-state index contributed by atoms with van der Waals surface area (Å²) in [4.78, 5) is 15.3. The van der Waals surface area contributed by atoms with Crippen LogP contribution in [-0.2, 0) is 14.8 Å². The van der Waals surface area contributed by atoms with Gasteiger partial charge in [-0.05, 0) is 55.9 Å². The summed E-state index contributed by atoms with van der Waals surface area (Å²) in [6.07, 6.45) is -0.740. The fourth-order valence-corrected chi connectivity index (χ4v) is 5.73. The number of hydrogen-bond acceptors (Lipinski definition) is 9. The molecule has 11 heteroatoms. The molecule has 0 saturated carbocycles. The summed E-state index contributed by atoms with van der Waals surface area (Å²) in [6.45, 7) is 3.97. The largest absolute Gasteiger partial charge is 0.449 e. The number of nitrogens with zero attached hydrogens (tertiary/aromatic N) is 4. The molecule has 32 heavy (non-hydrogen) atoms. The second kappa shape index (κ2) is 7.75. The van der Waals surface area contributed by atoms with Gasteiger partial charge in [0, 0.05) is 17.0 Å². The standard InChI is InChI=1S/C21H18N4O5S2/c1-12-4-3-5-14(10-12)19-23-22-18(30-19)13(2)29-20(26)15-6-7-16-17(11-15)31-21-24-32(27,28)9-8-25(16)21/h3-7,10-11,13H,8-9H2,1-2H3/t13-/m1/s1. The number of carbonyl (C=O) groups excluding carboxylic acids is 1. The highest BCUT2D eigenvalue weighted by Crippen LogP contribution is 2.42.